The van der Waals surface area contributed by atoms with Crippen LogP contribution in [0.5, 0.6) is 11.5 Å². The molecule has 0 bridgehead atoms. The van der Waals surface area contributed by atoms with Gasteiger partial charge >= 0.3 is 0 Å². The minimum atomic E-state index is -0.0109. The second-order valence-corrected chi connectivity index (χ2v) is 6.88. The highest BCUT2D eigenvalue weighted by atomic mass is 32.1. The zero-order chi connectivity index (χ0) is 19.9. The highest BCUT2D eigenvalue weighted by Gasteiger charge is 2.21. The smallest absolute Gasteiger partial charge is 0.246 e. The number of carbonyl (C=O) groups excluding carboxylic acids is 1. The molecule has 0 aliphatic carbocycles. The van der Waals surface area contributed by atoms with Gasteiger partial charge in [0.2, 0.25) is 17.0 Å². The average molecular weight is 404 g/mol. The van der Waals surface area contributed by atoms with Crippen molar-refractivity contribution in [1.29, 1.82) is 0 Å². The lowest BCUT2D eigenvalue weighted by Crippen LogP contribution is -2.48. The standard InChI is InChI=1S/C19H25N5O3S/c1-3-26-15-7-5-14(13-16(15)27-4-2)6-8-17(25)23-9-11-24(12-10-23)19-21-18(20)22-28-19/h5-8,13H,3-4,9-12H2,1-2H3,(H2,20,22). The molecule has 2 heterocycles. The second-order valence-electron chi connectivity index (χ2n) is 6.15. The molecule has 1 fully saturated rings. The summed E-state index contributed by atoms with van der Waals surface area (Å²) in [6.45, 7) is 7.68. The minimum Gasteiger partial charge on any atom is -0.490 e. The molecule has 1 aliphatic heterocycles. The van der Waals surface area contributed by atoms with E-state index in [9.17, 15) is 4.79 Å². The highest BCUT2D eigenvalue weighted by molar-refractivity contribution is 7.09. The van der Waals surface area contributed by atoms with Crippen molar-refractivity contribution < 1.29 is 14.3 Å². The van der Waals surface area contributed by atoms with Gasteiger partial charge in [-0.3, -0.25) is 4.79 Å². The van der Waals surface area contributed by atoms with Gasteiger partial charge in [0, 0.05) is 43.8 Å². The molecule has 1 aromatic heterocycles. The van der Waals surface area contributed by atoms with Crippen LogP contribution in [0.15, 0.2) is 24.3 Å². The lowest BCUT2D eigenvalue weighted by atomic mass is 10.2. The van der Waals surface area contributed by atoms with Crippen LogP contribution in [0, 0.1) is 0 Å². The molecule has 0 atom stereocenters. The molecule has 1 aliphatic rings. The molecule has 2 N–H and O–H groups in total. The summed E-state index contributed by atoms with van der Waals surface area (Å²) in [5.74, 6) is 1.68. The molecule has 150 valence electrons. The van der Waals surface area contributed by atoms with Crippen molar-refractivity contribution in [3.63, 3.8) is 0 Å². The molecule has 9 heteroatoms. The summed E-state index contributed by atoms with van der Waals surface area (Å²) in [6.07, 6.45) is 3.41. The Morgan fingerprint density at radius 1 is 1.18 bits per heavy atom. The first kappa shape index (κ1) is 19.9. The number of amides is 1. The number of nitrogens with zero attached hydrogens (tertiary/aromatic N) is 4. The van der Waals surface area contributed by atoms with Gasteiger partial charge in [0.25, 0.3) is 0 Å². The molecular formula is C19H25N5O3S. The molecule has 8 nitrogen and oxygen atoms in total. The first-order valence-electron chi connectivity index (χ1n) is 9.31. The zero-order valence-corrected chi connectivity index (χ0v) is 16.9. The largest absolute Gasteiger partial charge is 0.490 e. The Morgan fingerprint density at radius 3 is 2.54 bits per heavy atom. The number of benzene rings is 1. The summed E-state index contributed by atoms with van der Waals surface area (Å²) in [7, 11) is 0. The third-order valence-electron chi connectivity index (χ3n) is 4.28. The average Bonchev–Trinajstić information content (AvgIpc) is 3.14. The highest BCUT2D eigenvalue weighted by Crippen LogP contribution is 2.29. The molecule has 1 aromatic carbocycles. The Balaban J connectivity index is 1.58. The molecule has 0 saturated carbocycles. The zero-order valence-electron chi connectivity index (χ0n) is 16.1. The second kappa shape index (κ2) is 9.41. The van der Waals surface area contributed by atoms with Crippen LogP contribution >= 0.6 is 11.5 Å². The number of ether oxygens (including phenoxy) is 2. The van der Waals surface area contributed by atoms with Crippen LogP contribution in [0.2, 0.25) is 0 Å². The summed E-state index contributed by atoms with van der Waals surface area (Å²) >= 11 is 1.28. The summed E-state index contributed by atoms with van der Waals surface area (Å²) < 4.78 is 15.2. The molecule has 0 unspecified atom stereocenters. The quantitative estimate of drug-likeness (QED) is 0.709. The number of carbonyl (C=O) groups is 1. The Bertz CT molecular complexity index is 831. The third kappa shape index (κ3) is 4.92. The van der Waals surface area contributed by atoms with E-state index in [0.717, 1.165) is 10.7 Å². The molecule has 0 radical (unpaired) electrons. The summed E-state index contributed by atoms with van der Waals surface area (Å²) in [4.78, 5) is 20.6. The molecule has 1 amide bonds. The van der Waals surface area contributed by atoms with E-state index >= 15 is 0 Å². The summed E-state index contributed by atoms with van der Waals surface area (Å²) in [5.41, 5.74) is 6.47. The molecule has 3 rings (SSSR count). The Labute approximate surface area is 168 Å². The van der Waals surface area contributed by atoms with Gasteiger partial charge < -0.3 is 25.0 Å². The van der Waals surface area contributed by atoms with Crippen molar-refractivity contribution >= 4 is 34.6 Å². The van der Waals surface area contributed by atoms with Crippen LogP contribution < -0.4 is 20.1 Å². The van der Waals surface area contributed by atoms with Crippen molar-refractivity contribution in [3.05, 3.63) is 29.8 Å². The lowest BCUT2D eigenvalue weighted by molar-refractivity contribution is -0.126. The summed E-state index contributed by atoms with van der Waals surface area (Å²) in [5, 5.41) is 0.804. The number of aromatic nitrogens is 2. The predicted molar refractivity (Wildman–Crippen MR) is 111 cm³/mol. The topological polar surface area (TPSA) is 93.8 Å². The van der Waals surface area contributed by atoms with E-state index in [1.165, 1.54) is 11.5 Å². The van der Waals surface area contributed by atoms with E-state index in [0.29, 0.717) is 56.8 Å². The number of hydrogen-bond acceptors (Lipinski definition) is 8. The minimum absolute atomic E-state index is 0.0109. The number of hydrogen-bond donors (Lipinski definition) is 1. The Hall–Kier alpha value is -2.81. The van der Waals surface area contributed by atoms with E-state index in [1.807, 2.05) is 36.9 Å². The van der Waals surface area contributed by atoms with Gasteiger partial charge in [0.15, 0.2) is 11.5 Å². The maximum absolute atomic E-state index is 12.5. The van der Waals surface area contributed by atoms with Gasteiger partial charge in [0.05, 0.1) is 13.2 Å². The molecule has 1 saturated heterocycles. The van der Waals surface area contributed by atoms with E-state index in [-0.39, 0.29) is 5.91 Å². The number of nitrogen functional groups attached to an aromatic ring is 1. The fraction of sp³-hybridized carbons (Fsp3) is 0.421. The Kier molecular flexibility index (Phi) is 6.70. The fourth-order valence-electron chi connectivity index (χ4n) is 2.92. The van der Waals surface area contributed by atoms with Gasteiger partial charge in [0.1, 0.15) is 0 Å². The first-order valence-corrected chi connectivity index (χ1v) is 10.1. The maximum atomic E-state index is 12.5. The number of rotatable bonds is 7. The molecular weight excluding hydrogens is 378 g/mol. The van der Waals surface area contributed by atoms with Crippen LogP contribution in [0.3, 0.4) is 0 Å². The van der Waals surface area contributed by atoms with E-state index in [2.05, 4.69) is 14.3 Å². The van der Waals surface area contributed by atoms with E-state index in [1.54, 1.807) is 12.2 Å². The fourth-order valence-corrected chi connectivity index (χ4v) is 3.57. The maximum Gasteiger partial charge on any atom is 0.246 e. The molecule has 2 aromatic rings. The number of nitrogens with two attached hydrogens (primary N) is 1. The van der Waals surface area contributed by atoms with Gasteiger partial charge in [-0.2, -0.15) is 9.36 Å². The van der Waals surface area contributed by atoms with Crippen molar-refractivity contribution in [2.75, 3.05) is 50.0 Å². The normalized spacial score (nSPS) is 14.5. The monoisotopic (exact) mass is 403 g/mol. The van der Waals surface area contributed by atoms with Gasteiger partial charge in [-0.15, -0.1) is 0 Å². The van der Waals surface area contributed by atoms with Gasteiger partial charge in [-0.1, -0.05) is 6.07 Å². The van der Waals surface area contributed by atoms with Crippen molar-refractivity contribution in [2.24, 2.45) is 0 Å². The van der Waals surface area contributed by atoms with Gasteiger partial charge in [-0.25, -0.2) is 0 Å². The van der Waals surface area contributed by atoms with Crippen LogP contribution in [-0.4, -0.2) is 59.6 Å². The van der Waals surface area contributed by atoms with Crippen LogP contribution in [0.25, 0.3) is 6.08 Å². The lowest BCUT2D eigenvalue weighted by Gasteiger charge is -2.33. The van der Waals surface area contributed by atoms with Crippen LogP contribution in [0.4, 0.5) is 11.1 Å². The molecule has 28 heavy (non-hydrogen) atoms. The third-order valence-corrected chi connectivity index (χ3v) is 5.07. The van der Waals surface area contributed by atoms with Crippen molar-refractivity contribution in [2.45, 2.75) is 13.8 Å². The number of piperazine rings is 1. The summed E-state index contributed by atoms with van der Waals surface area (Å²) in [6, 6.07) is 5.66. The van der Waals surface area contributed by atoms with Crippen LogP contribution in [-0.2, 0) is 4.79 Å². The molecule has 0 spiro atoms. The first-order chi connectivity index (χ1) is 13.6. The number of anilines is 2. The SMILES string of the molecule is CCOc1ccc(C=CC(=O)N2CCN(c3nc(N)ns3)CC2)cc1OCC. The van der Waals surface area contributed by atoms with Gasteiger partial charge in [-0.05, 0) is 37.6 Å². The van der Waals surface area contributed by atoms with Crippen molar-refractivity contribution in [3.8, 4) is 11.5 Å². The Morgan fingerprint density at radius 2 is 1.89 bits per heavy atom. The van der Waals surface area contributed by atoms with Crippen LogP contribution in [0.1, 0.15) is 19.4 Å². The van der Waals surface area contributed by atoms with Crippen molar-refractivity contribution in [1.82, 2.24) is 14.3 Å². The van der Waals surface area contributed by atoms with E-state index in [4.69, 9.17) is 15.2 Å². The predicted octanol–water partition coefficient (Wildman–Crippen LogP) is 2.28. The van der Waals surface area contributed by atoms with E-state index < -0.39 is 0 Å².